The largest absolute Gasteiger partial charge is 0.466 e. The smallest absolute Gasteiger partial charge is 0.312 e. The van der Waals surface area contributed by atoms with Crippen LogP contribution in [0.15, 0.2) is 12.7 Å². The summed E-state index contributed by atoms with van der Waals surface area (Å²) in [5, 5.41) is 10.4. The molecule has 3 unspecified atom stereocenters. The van der Waals surface area contributed by atoms with Crippen molar-refractivity contribution in [2.75, 3.05) is 19.8 Å². The average Bonchev–Trinajstić information content (AvgIpc) is 3.34. The second-order valence-corrected chi connectivity index (χ2v) is 14.1. The molecule has 0 aromatic rings. The normalized spacial score (nSPS) is 32.0. The maximum absolute atomic E-state index is 14.7. The van der Waals surface area contributed by atoms with Gasteiger partial charge < -0.3 is 24.4 Å². The number of alkyl halides is 1. The Morgan fingerprint density at radius 3 is 2.43 bits per heavy atom. The van der Waals surface area contributed by atoms with Gasteiger partial charge in [-0.25, -0.2) is 0 Å². The van der Waals surface area contributed by atoms with Crippen molar-refractivity contribution in [3.8, 4) is 0 Å². The minimum Gasteiger partial charge on any atom is -0.466 e. The van der Waals surface area contributed by atoms with Gasteiger partial charge in [-0.3, -0.25) is 14.4 Å². The molecule has 0 saturated carbocycles. The third kappa shape index (κ3) is 5.12. The van der Waals surface area contributed by atoms with E-state index >= 15 is 0 Å². The molecule has 1 N–H and O–H groups in total. The third-order valence-corrected chi connectivity index (χ3v) is 8.95. The summed E-state index contributed by atoms with van der Waals surface area (Å²) in [5.41, 5.74) is -1.80. The summed E-state index contributed by atoms with van der Waals surface area (Å²) in [6.07, 6.45) is 2.27. The number of hydrogen-bond acceptors (Lipinski definition) is 6. The molecular weight excluding hydrogens is 540 g/mol. The summed E-state index contributed by atoms with van der Waals surface area (Å²) in [7, 11) is 0. The lowest BCUT2D eigenvalue weighted by Gasteiger charge is -2.47. The van der Waals surface area contributed by atoms with Crippen LogP contribution in [0.25, 0.3) is 0 Å². The number of carbonyl (C=O) groups is 3. The maximum atomic E-state index is 14.7. The number of hydrogen-bond donors (Lipinski definition) is 1. The van der Waals surface area contributed by atoms with E-state index in [1.54, 1.807) is 17.9 Å². The summed E-state index contributed by atoms with van der Waals surface area (Å²) in [6.45, 7) is 20.1. The van der Waals surface area contributed by atoms with E-state index in [1.807, 2.05) is 27.7 Å². The number of halogens is 1. The predicted molar refractivity (Wildman–Crippen MR) is 145 cm³/mol. The molecule has 7 atom stereocenters. The molecule has 3 aliphatic rings. The summed E-state index contributed by atoms with van der Waals surface area (Å²) in [5.74, 6) is -2.82. The Balaban J connectivity index is 2.18. The van der Waals surface area contributed by atoms with Gasteiger partial charge in [0.05, 0.1) is 37.2 Å². The highest BCUT2D eigenvalue weighted by Gasteiger charge is 2.77. The molecule has 9 heteroatoms. The fraction of sp³-hybridized carbons (Fsp3) is 0.821. The lowest BCUT2D eigenvalue weighted by Crippen LogP contribution is -2.63. The van der Waals surface area contributed by atoms with Gasteiger partial charge in [0, 0.05) is 16.9 Å². The number of ether oxygens (including phenoxy) is 2. The van der Waals surface area contributed by atoms with E-state index in [0.29, 0.717) is 13.0 Å². The Morgan fingerprint density at radius 1 is 1.32 bits per heavy atom. The number of nitrogens with zero attached hydrogens (tertiary/aromatic N) is 2. The number of likely N-dealkylation sites (tertiary alicyclic amines) is 1. The van der Waals surface area contributed by atoms with Crippen molar-refractivity contribution in [1.29, 1.82) is 0 Å². The van der Waals surface area contributed by atoms with E-state index in [0.717, 1.165) is 6.42 Å². The van der Waals surface area contributed by atoms with Crippen molar-refractivity contribution in [3.63, 3.8) is 0 Å². The lowest BCUT2D eigenvalue weighted by atomic mass is 9.70. The van der Waals surface area contributed by atoms with Crippen LogP contribution in [0, 0.1) is 23.2 Å². The van der Waals surface area contributed by atoms with Crippen LogP contribution in [0.3, 0.4) is 0 Å². The zero-order chi connectivity index (χ0) is 28.1. The highest BCUT2D eigenvalue weighted by molar-refractivity contribution is 9.09. The number of esters is 1. The molecule has 2 amide bonds. The zero-order valence-corrected chi connectivity index (χ0v) is 25.2. The molecule has 3 rings (SSSR count). The molecule has 37 heavy (non-hydrogen) atoms. The highest BCUT2D eigenvalue weighted by Crippen LogP contribution is 2.61. The third-order valence-electron chi connectivity index (χ3n) is 8.10. The average molecular weight is 586 g/mol. The van der Waals surface area contributed by atoms with Gasteiger partial charge in [0.15, 0.2) is 0 Å². The first kappa shape index (κ1) is 30.1. The molecule has 3 fully saturated rings. The van der Waals surface area contributed by atoms with E-state index in [-0.39, 0.29) is 41.2 Å². The molecule has 8 nitrogen and oxygen atoms in total. The molecule has 0 aromatic heterocycles. The molecule has 3 saturated heterocycles. The van der Waals surface area contributed by atoms with Crippen molar-refractivity contribution >= 4 is 33.7 Å². The van der Waals surface area contributed by atoms with Gasteiger partial charge in [0.1, 0.15) is 11.6 Å². The van der Waals surface area contributed by atoms with E-state index < -0.39 is 47.1 Å². The first-order valence-corrected chi connectivity index (χ1v) is 14.3. The fourth-order valence-corrected chi connectivity index (χ4v) is 8.08. The number of carbonyl (C=O) groups excluding carboxylic acids is 3. The Kier molecular flexibility index (Phi) is 8.63. The Morgan fingerprint density at radius 2 is 1.95 bits per heavy atom. The van der Waals surface area contributed by atoms with Crippen LogP contribution >= 0.6 is 15.9 Å². The second-order valence-electron chi connectivity index (χ2n) is 12.9. The fourth-order valence-electron chi connectivity index (χ4n) is 7.14. The monoisotopic (exact) mass is 584 g/mol. The van der Waals surface area contributed by atoms with Crippen LogP contribution in [0.5, 0.6) is 0 Å². The van der Waals surface area contributed by atoms with Gasteiger partial charge in [-0.15, -0.1) is 6.58 Å². The van der Waals surface area contributed by atoms with Crippen LogP contribution < -0.4 is 0 Å². The zero-order valence-electron chi connectivity index (χ0n) is 23.6. The first-order valence-electron chi connectivity index (χ1n) is 13.4. The quantitative estimate of drug-likeness (QED) is 0.240. The molecule has 2 bridgehead atoms. The van der Waals surface area contributed by atoms with Gasteiger partial charge in [-0.2, -0.15) is 0 Å². The van der Waals surface area contributed by atoms with E-state index in [1.165, 1.54) is 4.90 Å². The van der Waals surface area contributed by atoms with Crippen LogP contribution in [0.1, 0.15) is 68.2 Å². The van der Waals surface area contributed by atoms with Crippen molar-refractivity contribution in [2.45, 2.75) is 102 Å². The van der Waals surface area contributed by atoms with Crippen LogP contribution in [0.2, 0.25) is 0 Å². The molecule has 210 valence electrons. The number of fused-ring (bicyclic) bond motifs is 1. The highest BCUT2D eigenvalue weighted by atomic mass is 79.9. The van der Waals surface area contributed by atoms with Gasteiger partial charge in [-0.1, -0.05) is 56.6 Å². The first-order chi connectivity index (χ1) is 17.1. The van der Waals surface area contributed by atoms with Gasteiger partial charge in [0.2, 0.25) is 11.8 Å². The van der Waals surface area contributed by atoms with Crippen LogP contribution in [0.4, 0.5) is 0 Å². The minimum absolute atomic E-state index is 0.0565. The Bertz CT molecular complexity index is 915. The minimum atomic E-state index is -1.19. The number of aliphatic hydroxyl groups excluding tert-OH is 1. The van der Waals surface area contributed by atoms with Crippen molar-refractivity contribution < 1.29 is 29.0 Å². The van der Waals surface area contributed by atoms with Crippen LogP contribution in [-0.2, 0) is 23.9 Å². The molecule has 3 aliphatic heterocycles. The molecule has 0 aromatic carbocycles. The Labute approximate surface area is 230 Å². The van der Waals surface area contributed by atoms with E-state index in [4.69, 9.17) is 9.47 Å². The lowest BCUT2D eigenvalue weighted by molar-refractivity contribution is -0.158. The standard InChI is InChI=1S/C28H45BrN2O6/c1-10-12-30(27(8,9)15-26(5,6)7)24(34)22-28-13-17(29)21(37-28)19(25(35)36-11-2)20(28)23(33)31(22)18(14-32)16(3)4/h10,16-22,32H,1,11-15H2,2-9H3/t17?,18-,19-,20-,21-,22?,28?/m0/s1. The van der Waals surface area contributed by atoms with Crippen molar-refractivity contribution in [1.82, 2.24) is 9.80 Å². The maximum Gasteiger partial charge on any atom is 0.312 e. The molecule has 3 heterocycles. The summed E-state index contributed by atoms with van der Waals surface area (Å²) < 4.78 is 11.9. The van der Waals surface area contributed by atoms with Gasteiger partial charge in [0.25, 0.3) is 0 Å². The number of rotatable bonds is 10. The molecule has 1 spiro atoms. The predicted octanol–water partition coefficient (Wildman–Crippen LogP) is 3.54. The van der Waals surface area contributed by atoms with Crippen molar-refractivity contribution in [3.05, 3.63) is 12.7 Å². The molecule has 0 aliphatic carbocycles. The summed E-state index contributed by atoms with van der Waals surface area (Å²) in [6, 6.07) is -1.58. The number of amides is 2. The SMILES string of the molecule is C=CCN(C(=O)C1N([C@@H](CO)C(C)C)C(=O)[C@@H]2[C@H](C(=O)OCC)[C@H]3OC12CC3Br)C(C)(C)CC(C)(C)C. The Hall–Kier alpha value is -1.45. The van der Waals surface area contributed by atoms with Gasteiger partial charge >= 0.3 is 5.97 Å². The topological polar surface area (TPSA) is 96.4 Å². The summed E-state index contributed by atoms with van der Waals surface area (Å²) >= 11 is 3.68. The van der Waals surface area contributed by atoms with E-state index in [9.17, 15) is 19.5 Å². The van der Waals surface area contributed by atoms with Crippen molar-refractivity contribution in [2.24, 2.45) is 23.2 Å². The molecule has 0 radical (unpaired) electrons. The van der Waals surface area contributed by atoms with Crippen LogP contribution in [-0.4, -0.2) is 86.6 Å². The second kappa shape index (κ2) is 10.6. The summed E-state index contributed by atoms with van der Waals surface area (Å²) in [4.78, 5) is 45.1. The van der Waals surface area contributed by atoms with E-state index in [2.05, 4.69) is 43.3 Å². The number of aliphatic hydroxyl groups is 1. The molecular formula is C28H45BrN2O6. The van der Waals surface area contributed by atoms with Gasteiger partial charge in [-0.05, 0) is 44.9 Å².